The summed E-state index contributed by atoms with van der Waals surface area (Å²) >= 11 is 0. The SMILES string of the molecule is CCCCCC[N+]1=C(C)[N+](C)=CC1. The molecule has 2 nitrogen and oxygen atoms in total. The number of amidine groups is 1. The minimum absolute atomic E-state index is 1.11. The third kappa shape index (κ3) is 2.94. The van der Waals surface area contributed by atoms with Gasteiger partial charge in [-0.05, 0) is 6.42 Å². The molecule has 0 saturated heterocycles. The Morgan fingerprint density at radius 3 is 2.62 bits per heavy atom. The molecule has 0 N–H and O–H groups in total. The van der Waals surface area contributed by atoms with Crippen LogP contribution in [0.15, 0.2) is 0 Å². The Morgan fingerprint density at radius 1 is 1.31 bits per heavy atom. The lowest BCUT2D eigenvalue weighted by Crippen LogP contribution is -2.20. The lowest BCUT2D eigenvalue weighted by atomic mass is 10.2. The van der Waals surface area contributed by atoms with E-state index >= 15 is 0 Å². The first kappa shape index (κ1) is 10.4. The summed E-state index contributed by atoms with van der Waals surface area (Å²) in [5.74, 6) is 1.40. The van der Waals surface area contributed by atoms with E-state index in [1.54, 1.807) is 0 Å². The van der Waals surface area contributed by atoms with Crippen molar-refractivity contribution in [1.29, 1.82) is 0 Å². The summed E-state index contributed by atoms with van der Waals surface area (Å²) in [6, 6.07) is 0. The Hall–Kier alpha value is -0.660. The van der Waals surface area contributed by atoms with E-state index < -0.39 is 0 Å². The van der Waals surface area contributed by atoms with Gasteiger partial charge in [-0.1, -0.05) is 19.8 Å². The highest BCUT2D eigenvalue weighted by Crippen LogP contribution is 2.00. The molecule has 1 rings (SSSR count). The molecule has 1 aliphatic rings. The molecular weight excluding hydrogens is 160 g/mol. The van der Waals surface area contributed by atoms with Crippen LogP contribution < -0.4 is 0 Å². The number of nitrogens with zero attached hydrogens (tertiary/aromatic N) is 2. The number of hydrogen-bond acceptors (Lipinski definition) is 0. The van der Waals surface area contributed by atoms with Crippen LogP contribution in [0.3, 0.4) is 0 Å². The molecular formula is C11H22N2+2. The molecule has 0 unspecified atom stereocenters. The Kier molecular flexibility index (Phi) is 4.13. The second kappa shape index (κ2) is 5.15. The standard InChI is InChI=1S/C11H22N2/c1-4-5-6-7-8-13-10-9-12(3)11(13)2/h9H,4-8,10H2,1-3H3/q+2. The molecule has 0 radical (unpaired) electrons. The molecule has 0 spiro atoms. The summed E-state index contributed by atoms with van der Waals surface area (Å²) in [5.41, 5.74) is 0. The molecule has 0 amide bonds. The van der Waals surface area contributed by atoms with Gasteiger partial charge in [0.25, 0.3) is 0 Å². The fourth-order valence-corrected chi connectivity index (χ4v) is 1.69. The van der Waals surface area contributed by atoms with Crippen molar-refractivity contribution in [2.24, 2.45) is 0 Å². The normalized spacial score (nSPS) is 16.7. The Bertz CT molecular complexity index is 226. The number of hydrogen-bond donors (Lipinski definition) is 0. The molecule has 13 heavy (non-hydrogen) atoms. The van der Waals surface area contributed by atoms with Crippen LogP contribution >= 0.6 is 0 Å². The highest BCUT2D eigenvalue weighted by Gasteiger charge is 2.24. The highest BCUT2D eigenvalue weighted by molar-refractivity contribution is 5.74. The second-order valence-electron chi connectivity index (χ2n) is 3.85. The van der Waals surface area contributed by atoms with Crippen LogP contribution in [0.4, 0.5) is 0 Å². The average molecular weight is 182 g/mol. The van der Waals surface area contributed by atoms with E-state index in [4.69, 9.17) is 0 Å². The predicted octanol–water partition coefficient (Wildman–Crippen LogP) is 1.72. The monoisotopic (exact) mass is 182 g/mol. The van der Waals surface area contributed by atoms with E-state index in [2.05, 4.69) is 36.3 Å². The summed E-state index contributed by atoms with van der Waals surface area (Å²) in [7, 11) is 2.13. The van der Waals surface area contributed by atoms with Crippen molar-refractivity contribution in [3.8, 4) is 0 Å². The highest BCUT2D eigenvalue weighted by atomic mass is 15.2. The van der Waals surface area contributed by atoms with Crippen LogP contribution in [0.2, 0.25) is 0 Å². The van der Waals surface area contributed by atoms with Crippen molar-refractivity contribution in [1.82, 2.24) is 0 Å². The Balaban J connectivity index is 2.24. The van der Waals surface area contributed by atoms with Gasteiger partial charge >= 0.3 is 5.84 Å². The van der Waals surface area contributed by atoms with Crippen LogP contribution in [0.5, 0.6) is 0 Å². The van der Waals surface area contributed by atoms with Gasteiger partial charge in [-0.3, -0.25) is 0 Å². The van der Waals surface area contributed by atoms with Crippen molar-refractivity contribution >= 4 is 12.1 Å². The first-order valence-corrected chi connectivity index (χ1v) is 5.40. The van der Waals surface area contributed by atoms with Gasteiger partial charge in [0, 0.05) is 6.42 Å². The zero-order chi connectivity index (χ0) is 9.68. The maximum atomic E-state index is 2.45. The predicted molar refractivity (Wildman–Crippen MR) is 57.1 cm³/mol. The van der Waals surface area contributed by atoms with Gasteiger partial charge in [-0.15, -0.1) is 4.58 Å². The maximum absolute atomic E-state index is 2.45. The minimum Gasteiger partial charge on any atom is -0.169 e. The summed E-state index contributed by atoms with van der Waals surface area (Å²) < 4.78 is 4.68. The lowest BCUT2D eigenvalue weighted by molar-refractivity contribution is -0.541. The van der Waals surface area contributed by atoms with Gasteiger partial charge in [-0.2, -0.15) is 4.58 Å². The maximum Gasteiger partial charge on any atom is 0.409 e. The van der Waals surface area contributed by atoms with E-state index in [0.717, 1.165) is 6.54 Å². The van der Waals surface area contributed by atoms with Gasteiger partial charge in [0.1, 0.15) is 13.6 Å². The molecule has 0 aromatic rings. The molecule has 2 heteroatoms. The van der Waals surface area contributed by atoms with Crippen molar-refractivity contribution in [2.45, 2.75) is 39.5 Å². The van der Waals surface area contributed by atoms with Crippen molar-refractivity contribution < 1.29 is 9.15 Å². The topological polar surface area (TPSA) is 6.02 Å². The van der Waals surface area contributed by atoms with Crippen LogP contribution in [0.25, 0.3) is 0 Å². The number of rotatable bonds is 5. The fraction of sp³-hybridized carbons (Fsp3) is 0.818. The Labute approximate surface area is 81.6 Å². The third-order valence-electron chi connectivity index (χ3n) is 2.83. The van der Waals surface area contributed by atoms with Gasteiger partial charge < -0.3 is 0 Å². The molecule has 0 fully saturated rings. The first-order valence-electron chi connectivity index (χ1n) is 5.40. The first-order chi connectivity index (χ1) is 6.25. The molecule has 0 bridgehead atoms. The summed E-state index contributed by atoms with van der Waals surface area (Å²) in [6.45, 7) is 6.79. The molecule has 0 atom stereocenters. The van der Waals surface area contributed by atoms with Gasteiger partial charge in [0.2, 0.25) is 12.8 Å². The van der Waals surface area contributed by atoms with Crippen LogP contribution in [-0.2, 0) is 0 Å². The molecule has 0 aliphatic carbocycles. The summed E-state index contributed by atoms with van der Waals surface area (Å²) in [6.07, 6.45) is 7.67. The zero-order valence-electron chi connectivity index (χ0n) is 9.21. The van der Waals surface area contributed by atoms with E-state index in [1.165, 1.54) is 38.1 Å². The van der Waals surface area contributed by atoms with Crippen LogP contribution in [0.1, 0.15) is 39.5 Å². The minimum atomic E-state index is 1.11. The molecule has 0 aromatic heterocycles. The van der Waals surface area contributed by atoms with E-state index in [9.17, 15) is 0 Å². The van der Waals surface area contributed by atoms with Gasteiger partial charge in [-0.25, -0.2) is 0 Å². The van der Waals surface area contributed by atoms with E-state index in [-0.39, 0.29) is 0 Å². The molecule has 0 aromatic carbocycles. The summed E-state index contributed by atoms with van der Waals surface area (Å²) in [5, 5.41) is 0. The van der Waals surface area contributed by atoms with Crippen LogP contribution in [-0.4, -0.2) is 41.3 Å². The third-order valence-corrected chi connectivity index (χ3v) is 2.83. The van der Waals surface area contributed by atoms with Crippen molar-refractivity contribution in [2.75, 3.05) is 20.1 Å². The lowest BCUT2D eigenvalue weighted by Gasteiger charge is -1.96. The van der Waals surface area contributed by atoms with Gasteiger partial charge in [0.15, 0.2) is 0 Å². The van der Waals surface area contributed by atoms with Crippen molar-refractivity contribution in [3.63, 3.8) is 0 Å². The molecule has 1 heterocycles. The quantitative estimate of drug-likeness (QED) is 0.451. The fourth-order valence-electron chi connectivity index (χ4n) is 1.69. The second-order valence-corrected chi connectivity index (χ2v) is 3.85. The summed E-state index contributed by atoms with van der Waals surface area (Å²) in [4.78, 5) is 0. The molecule has 0 saturated carbocycles. The van der Waals surface area contributed by atoms with E-state index in [0.29, 0.717) is 0 Å². The largest absolute Gasteiger partial charge is 0.409 e. The zero-order valence-corrected chi connectivity index (χ0v) is 9.21. The number of unbranched alkanes of at least 4 members (excludes halogenated alkanes) is 3. The smallest absolute Gasteiger partial charge is 0.169 e. The molecule has 74 valence electrons. The average Bonchev–Trinajstić information content (AvgIpc) is 2.43. The van der Waals surface area contributed by atoms with Crippen molar-refractivity contribution in [3.05, 3.63) is 0 Å². The van der Waals surface area contributed by atoms with Crippen LogP contribution in [0, 0.1) is 0 Å². The van der Waals surface area contributed by atoms with Gasteiger partial charge in [0.05, 0.1) is 6.92 Å². The Morgan fingerprint density at radius 2 is 2.08 bits per heavy atom. The molecule has 1 aliphatic heterocycles. The van der Waals surface area contributed by atoms with E-state index in [1.807, 2.05) is 0 Å².